The normalized spacial score (nSPS) is 25.9. The molecule has 0 bridgehead atoms. The number of nitrogens with one attached hydrogen (secondary N) is 1. The van der Waals surface area contributed by atoms with Crippen LogP contribution in [-0.4, -0.2) is 53.8 Å². The number of hydrazone groups is 1. The summed E-state index contributed by atoms with van der Waals surface area (Å²) in [6.07, 6.45) is 1.54. The van der Waals surface area contributed by atoms with Gasteiger partial charge >= 0.3 is 5.97 Å². The van der Waals surface area contributed by atoms with Gasteiger partial charge in [0.15, 0.2) is 16.4 Å². The van der Waals surface area contributed by atoms with Crippen LogP contribution in [0.15, 0.2) is 58.5 Å². The molecule has 2 N–H and O–H groups in total. The summed E-state index contributed by atoms with van der Waals surface area (Å²) in [4.78, 5) is 26.1. The van der Waals surface area contributed by atoms with Gasteiger partial charge in [0, 0.05) is 30.4 Å². The minimum atomic E-state index is -3.36. The number of anilines is 1. The zero-order valence-corrected chi connectivity index (χ0v) is 20.2. The Labute approximate surface area is 204 Å². The lowest BCUT2D eigenvalue weighted by Crippen LogP contribution is -2.40. The zero-order valence-electron chi connectivity index (χ0n) is 19.4. The largest absolute Gasteiger partial charge is 0.461 e. The maximum absolute atomic E-state index is 13.1. The highest BCUT2D eigenvalue weighted by Crippen LogP contribution is 2.47. The van der Waals surface area contributed by atoms with E-state index >= 15 is 0 Å². The molecule has 3 unspecified atom stereocenters. The first-order chi connectivity index (χ1) is 16.9. The van der Waals surface area contributed by atoms with Crippen LogP contribution in [0, 0.1) is 5.92 Å². The highest BCUT2D eigenvalue weighted by molar-refractivity contribution is 7.97. The molecule has 3 aliphatic rings. The maximum Gasteiger partial charge on any atom is 0.355 e. The Hall–Kier alpha value is -3.08. The molecule has 1 fully saturated rings. The third-order valence-electron chi connectivity index (χ3n) is 6.61. The van der Waals surface area contributed by atoms with E-state index in [4.69, 9.17) is 9.47 Å². The summed E-state index contributed by atoms with van der Waals surface area (Å²) in [7, 11) is -3.36. The van der Waals surface area contributed by atoms with E-state index in [1.807, 2.05) is 6.07 Å². The zero-order chi connectivity index (χ0) is 24.6. The highest BCUT2D eigenvalue weighted by Gasteiger charge is 2.55. The first-order valence-electron chi connectivity index (χ1n) is 11.8. The van der Waals surface area contributed by atoms with Crippen molar-refractivity contribution in [2.75, 3.05) is 30.6 Å². The van der Waals surface area contributed by atoms with Gasteiger partial charge in [0.05, 0.1) is 24.3 Å². The van der Waals surface area contributed by atoms with Crippen molar-refractivity contribution >= 4 is 33.5 Å². The fraction of sp³-hybridized carbons (Fsp3) is 0.400. The van der Waals surface area contributed by atoms with E-state index in [-0.39, 0.29) is 30.0 Å². The molecule has 0 radical (unpaired) electrons. The molecule has 184 valence electrons. The molecule has 10 heteroatoms. The van der Waals surface area contributed by atoms with Crippen LogP contribution < -0.4 is 10.3 Å². The Morgan fingerprint density at radius 2 is 1.97 bits per heavy atom. The molecular weight excluding hydrogens is 470 g/mol. The maximum atomic E-state index is 13.1. The van der Waals surface area contributed by atoms with Gasteiger partial charge in [0.1, 0.15) is 0 Å². The molecule has 3 heterocycles. The minimum Gasteiger partial charge on any atom is -0.461 e. The van der Waals surface area contributed by atoms with Crippen molar-refractivity contribution in [3.63, 3.8) is 0 Å². The van der Waals surface area contributed by atoms with Crippen LogP contribution in [0.5, 0.6) is 0 Å². The number of hydrogen-bond donors (Lipinski definition) is 2. The van der Waals surface area contributed by atoms with Crippen molar-refractivity contribution in [2.45, 2.75) is 36.7 Å². The number of carbonyl (C=O) groups is 2. The topological polar surface area (TPSA) is 118 Å². The van der Waals surface area contributed by atoms with Crippen LogP contribution >= 0.6 is 0 Å². The van der Waals surface area contributed by atoms with E-state index in [1.54, 1.807) is 54.4 Å². The van der Waals surface area contributed by atoms with Gasteiger partial charge < -0.3 is 14.8 Å². The van der Waals surface area contributed by atoms with E-state index in [2.05, 4.69) is 10.4 Å². The molecule has 9 nitrogen and oxygen atoms in total. The number of amides is 1. The SMILES string of the molecule is CCOC(=O)C1=NN(c2cccc(C(=O)NC3CCOCC3)c2)C2c3ccccc3[S+](=O)(O)CC12. The summed E-state index contributed by atoms with van der Waals surface area (Å²) >= 11 is 0. The van der Waals surface area contributed by atoms with Crippen LogP contribution in [0.1, 0.15) is 41.7 Å². The molecule has 35 heavy (non-hydrogen) atoms. The lowest BCUT2D eigenvalue weighted by atomic mass is 9.90. The average molecular weight is 499 g/mol. The van der Waals surface area contributed by atoms with Gasteiger partial charge in [-0.3, -0.25) is 9.80 Å². The van der Waals surface area contributed by atoms with Gasteiger partial charge in [0.25, 0.3) is 5.91 Å². The number of esters is 1. The Morgan fingerprint density at radius 3 is 2.74 bits per heavy atom. The summed E-state index contributed by atoms with van der Waals surface area (Å²) < 4.78 is 34.5. The number of benzene rings is 2. The molecule has 0 aromatic heterocycles. The van der Waals surface area contributed by atoms with E-state index in [0.29, 0.717) is 34.9 Å². The minimum absolute atomic E-state index is 0.0624. The second-order valence-electron chi connectivity index (χ2n) is 8.86. The predicted molar refractivity (Wildman–Crippen MR) is 131 cm³/mol. The molecule has 0 spiro atoms. The van der Waals surface area contributed by atoms with Crippen molar-refractivity contribution in [1.29, 1.82) is 0 Å². The fourth-order valence-electron chi connectivity index (χ4n) is 4.96. The smallest absolute Gasteiger partial charge is 0.355 e. The van der Waals surface area contributed by atoms with Crippen LogP contribution in [0.4, 0.5) is 5.69 Å². The van der Waals surface area contributed by atoms with E-state index in [9.17, 15) is 18.4 Å². The van der Waals surface area contributed by atoms with Crippen LogP contribution in [0.3, 0.4) is 0 Å². The number of ether oxygens (including phenoxy) is 2. The number of nitrogens with zero attached hydrogens (tertiary/aromatic N) is 2. The van der Waals surface area contributed by atoms with Gasteiger partial charge in [-0.05, 0) is 44.0 Å². The molecular formula is C25H28N3O6S+. The number of rotatable bonds is 5. The third-order valence-corrected chi connectivity index (χ3v) is 8.48. The Bertz CT molecular complexity index is 1230. The molecule has 1 saturated heterocycles. The Morgan fingerprint density at radius 1 is 1.20 bits per heavy atom. The number of carbonyl (C=O) groups excluding carboxylic acids is 2. The lowest BCUT2D eigenvalue weighted by Gasteiger charge is -2.32. The van der Waals surface area contributed by atoms with Crippen molar-refractivity contribution < 1.29 is 27.8 Å². The van der Waals surface area contributed by atoms with Crippen molar-refractivity contribution in [3.05, 3.63) is 59.7 Å². The number of hydrogen-bond acceptors (Lipinski definition) is 7. The first-order valence-corrected chi connectivity index (χ1v) is 13.4. The molecule has 5 rings (SSSR count). The van der Waals surface area contributed by atoms with Crippen LogP contribution in [0.25, 0.3) is 0 Å². The van der Waals surface area contributed by atoms with Crippen molar-refractivity contribution in [3.8, 4) is 0 Å². The Balaban J connectivity index is 1.52. The first kappa shape index (κ1) is 23.7. The lowest BCUT2D eigenvalue weighted by molar-refractivity contribution is -0.135. The van der Waals surface area contributed by atoms with E-state index in [0.717, 1.165) is 12.8 Å². The van der Waals surface area contributed by atoms with Crippen molar-refractivity contribution in [1.82, 2.24) is 5.32 Å². The quantitative estimate of drug-likeness (QED) is 0.481. The second kappa shape index (κ2) is 9.52. The van der Waals surface area contributed by atoms with Crippen molar-refractivity contribution in [2.24, 2.45) is 11.0 Å². The third kappa shape index (κ3) is 4.49. The van der Waals surface area contributed by atoms with E-state index < -0.39 is 28.1 Å². The summed E-state index contributed by atoms with van der Waals surface area (Å²) in [6, 6.07) is 13.6. The van der Waals surface area contributed by atoms with Crippen LogP contribution in [-0.2, 0) is 28.7 Å². The van der Waals surface area contributed by atoms with Gasteiger partial charge in [-0.25, -0.2) is 4.79 Å². The standard InChI is InChI=1S/C25H27N3O6S/c1-2-34-25(30)22-20-15-35(31,32)21-9-4-3-8-19(21)23(20)28(27-22)18-7-5-6-16(14-18)24(29)26-17-10-12-33-13-11-17/h3-9,14,17,20,23H,2,10-13,15H2,1H3,(H-,26,29,31,32)/p+1. The second-order valence-corrected chi connectivity index (χ2v) is 10.9. The molecule has 3 aliphatic heterocycles. The monoisotopic (exact) mass is 498 g/mol. The summed E-state index contributed by atoms with van der Waals surface area (Å²) in [6.45, 7) is 3.12. The molecule has 3 atom stereocenters. The molecule has 0 aliphatic carbocycles. The Kier molecular flexibility index (Phi) is 6.43. The molecule has 2 aromatic rings. The van der Waals surface area contributed by atoms with Gasteiger partial charge in [-0.15, -0.1) is 0 Å². The van der Waals surface area contributed by atoms with Gasteiger partial charge in [-0.1, -0.05) is 28.5 Å². The predicted octanol–water partition coefficient (Wildman–Crippen LogP) is 3.04. The van der Waals surface area contributed by atoms with E-state index in [1.165, 1.54) is 0 Å². The molecule has 0 saturated carbocycles. The van der Waals surface area contributed by atoms with Crippen LogP contribution in [0.2, 0.25) is 0 Å². The number of fused-ring (bicyclic) bond motifs is 3. The summed E-state index contributed by atoms with van der Waals surface area (Å²) in [5, 5.41) is 9.33. The highest BCUT2D eigenvalue weighted by atomic mass is 32.3. The molecule has 2 aromatic carbocycles. The average Bonchev–Trinajstić information content (AvgIpc) is 3.24. The van der Waals surface area contributed by atoms with Gasteiger partial charge in [0.2, 0.25) is 10.2 Å². The summed E-state index contributed by atoms with van der Waals surface area (Å²) in [5.74, 6) is -1.55. The summed E-state index contributed by atoms with van der Waals surface area (Å²) in [5.41, 5.74) is 1.84. The fourth-order valence-corrected chi connectivity index (χ4v) is 6.81. The van der Waals surface area contributed by atoms with Gasteiger partial charge in [-0.2, -0.15) is 9.65 Å². The molecule has 1 amide bonds.